The number of fused-ring (bicyclic) bond motifs is 1. The van der Waals surface area contributed by atoms with Gasteiger partial charge in [0.15, 0.2) is 5.13 Å². The number of thiazole rings is 1. The van der Waals surface area contributed by atoms with Crippen LogP contribution in [0.2, 0.25) is 0 Å². The van der Waals surface area contributed by atoms with Gasteiger partial charge in [-0.3, -0.25) is 4.79 Å². The van der Waals surface area contributed by atoms with Crippen molar-refractivity contribution >= 4 is 32.6 Å². The highest BCUT2D eigenvalue weighted by molar-refractivity contribution is 7.22. The Kier molecular flexibility index (Phi) is 6.08. The van der Waals surface area contributed by atoms with Crippen LogP contribution in [0.15, 0.2) is 42.5 Å². The Bertz CT molecular complexity index is 914. The molecule has 3 aromatic rings. The molecule has 27 heavy (non-hydrogen) atoms. The highest BCUT2D eigenvalue weighted by atomic mass is 32.1. The molecule has 1 N–H and O–H groups in total. The van der Waals surface area contributed by atoms with E-state index < -0.39 is 0 Å². The van der Waals surface area contributed by atoms with Crippen molar-refractivity contribution in [3.8, 4) is 11.5 Å². The minimum atomic E-state index is -0.314. The molecule has 0 aliphatic rings. The smallest absolute Gasteiger partial charge is 0.239 e. The summed E-state index contributed by atoms with van der Waals surface area (Å²) < 4.78 is 24.6. The Labute approximate surface area is 160 Å². The van der Waals surface area contributed by atoms with E-state index in [0.29, 0.717) is 24.7 Å². The van der Waals surface area contributed by atoms with Crippen LogP contribution >= 0.6 is 11.3 Å². The van der Waals surface area contributed by atoms with Gasteiger partial charge in [-0.1, -0.05) is 17.4 Å². The summed E-state index contributed by atoms with van der Waals surface area (Å²) in [7, 11) is 3.43. The predicted octanol–water partition coefficient (Wildman–Crippen LogP) is 3.08. The summed E-state index contributed by atoms with van der Waals surface area (Å²) in [4.78, 5) is 18.5. The van der Waals surface area contributed by atoms with E-state index in [9.17, 15) is 9.18 Å². The maximum atomic E-state index is 12.8. The quantitative estimate of drug-likeness (QED) is 0.600. The van der Waals surface area contributed by atoms with E-state index >= 15 is 0 Å². The number of hydrogen-bond donors (Lipinski definition) is 1. The number of likely N-dealkylation sites (N-methyl/N-ethyl adjacent to an activating group) is 1. The van der Waals surface area contributed by atoms with E-state index in [0.717, 1.165) is 15.3 Å². The monoisotopic (exact) mass is 389 g/mol. The first-order chi connectivity index (χ1) is 13.1. The van der Waals surface area contributed by atoms with Gasteiger partial charge in [0.05, 0.1) is 24.9 Å². The van der Waals surface area contributed by atoms with E-state index in [2.05, 4.69) is 10.3 Å². The van der Waals surface area contributed by atoms with E-state index in [4.69, 9.17) is 9.47 Å². The first-order valence-corrected chi connectivity index (χ1v) is 9.18. The molecule has 3 rings (SSSR count). The van der Waals surface area contributed by atoms with Crippen molar-refractivity contribution in [2.75, 3.05) is 38.8 Å². The topological polar surface area (TPSA) is 63.7 Å². The fraction of sp³-hybridized carbons (Fsp3) is 0.263. The number of amides is 1. The second-order valence-corrected chi connectivity index (χ2v) is 6.82. The van der Waals surface area contributed by atoms with E-state index in [1.807, 2.05) is 25.2 Å². The van der Waals surface area contributed by atoms with Crippen LogP contribution in [-0.2, 0) is 4.79 Å². The number of benzene rings is 2. The largest absolute Gasteiger partial charge is 0.494 e. The van der Waals surface area contributed by atoms with Gasteiger partial charge in [-0.25, -0.2) is 9.37 Å². The van der Waals surface area contributed by atoms with Gasteiger partial charge >= 0.3 is 0 Å². The molecule has 0 saturated carbocycles. The lowest BCUT2D eigenvalue weighted by Gasteiger charge is -2.15. The molecule has 8 heteroatoms. The Balaban J connectivity index is 1.48. The summed E-state index contributed by atoms with van der Waals surface area (Å²) in [5.74, 6) is 0.828. The van der Waals surface area contributed by atoms with E-state index in [-0.39, 0.29) is 18.3 Å². The zero-order valence-electron chi connectivity index (χ0n) is 15.1. The second-order valence-electron chi connectivity index (χ2n) is 5.81. The number of nitrogens with zero attached hydrogens (tertiary/aromatic N) is 2. The van der Waals surface area contributed by atoms with Gasteiger partial charge in [-0.2, -0.15) is 0 Å². The molecule has 0 fully saturated rings. The molecule has 0 bridgehead atoms. The van der Waals surface area contributed by atoms with Crippen LogP contribution in [-0.4, -0.2) is 44.7 Å². The SMILES string of the molecule is COc1cccc2sc(N(C)CC(=O)NCCOc3ccc(F)cc3)nc12. The lowest BCUT2D eigenvalue weighted by atomic mass is 10.3. The lowest BCUT2D eigenvalue weighted by Crippen LogP contribution is -2.37. The zero-order chi connectivity index (χ0) is 19.2. The number of anilines is 1. The van der Waals surface area contributed by atoms with Gasteiger partial charge in [0.2, 0.25) is 5.91 Å². The molecule has 6 nitrogen and oxygen atoms in total. The summed E-state index contributed by atoms with van der Waals surface area (Å²) in [6, 6.07) is 11.5. The molecule has 0 atom stereocenters. The van der Waals surface area contributed by atoms with Gasteiger partial charge < -0.3 is 19.7 Å². The average molecular weight is 389 g/mol. The van der Waals surface area contributed by atoms with E-state index in [1.54, 1.807) is 24.1 Å². The summed E-state index contributed by atoms with van der Waals surface area (Å²) in [5.41, 5.74) is 0.792. The molecule has 0 unspecified atom stereocenters. The van der Waals surface area contributed by atoms with Gasteiger partial charge in [0.25, 0.3) is 0 Å². The number of para-hydroxylation sites is 1. The minimum absolute atomic E-state index is 0.133. The number of rotatable bonds is 8. The third-order valence-electron chi connectivity index (χ3n) is 3.80. The molecule has 142 valence electrons. The molecule has 0 radical (unpaired) electrons. The third kappa shape index (κ3) is 4.85. The third-order valence-corrected chi connectivity index (χ3v) is 4.94. The number of carbonyl (C=O) groups is 1. The van der Waals surface area contributed by atoms with Crippen molar-refractivity contribution in [3.05, 3.63) is 48.3 Å². The van der Waals surface area contributed by atoms with Crippen LogP contribution in [0.5, 0.6) is 11.5 Å². The molecule has 0 saturated heterocycles. The van der Waals surface area contributed by atoms with E-state index in [1.165, 1.54) is 23.5 Å². The molecule has 1 aromatic heterocycles. The molecule has 2 aromatic carbocycles. The Morgan fingerprint density at radius 1 is 1.26 bits per heavy atom. The minimum Gasteiger partial charge on any atom is -0.494 e. The van der Waals surface area contributed by atoms with Crippen LogP contribution in [0.25, 0.3) is 10.2 Å². The van der Waals surface area contributed by atoms with Gasteiger partial charge in [0.1, 0.15) is 29.4 Å². The van der Waals surface area contributed by atoms with Crippen molar-refractivity contribution in [1.82, 2.24) is 10.3 Å². The van der Waals surface area contributed by atoms with Gasteiger partial charge in [-0.05, 0) is 36.4 Å². The second kappa shape index (κ2) is 8.68. The maximum Gasteiger partial charge on any atom is 0.239 e. The highest BCUT2D eigenvalue weighted by Gasteiger charge is 2.14. The first kappa shape index (κ1) is 18.9. The van der Waals surface area contributed by atoms with Gasteiger partial charge in [-0.15, -0.1) is 0 Å². The summed E-state index contributed by atoms with van der Waals surface area (Å²) in [6.45, 7) is 0.843. The number of aromatic nitrogens is 1. The number of carbonyl (C=O) groups excluding carboxylic acids is 1. The van der Waals surface area contributed by atoms with Crippen molar-refractivity contribution in [3.63, 3.8) is 0 Å². The van der Waals surface area contributed by atoms with Crippen molar-refractivity contribution in [2.45, 2.75) is 0 Å². The number of methoxy groups -OCH3 is 1. The first-order valence-electron chi connectivity index (χ1n) is 8.36. The normalized spacial score (nSPS) is 10.6. The molecule has 0 aliphatic heterocycles. The Morgan fingerprint density at radius 3 is 2.78 bits per heavy atom. The molecule has 0 aliphatic carbocycles. The van der Waals surface area contributed by atoms with Gasteiger partial charge in [0, 0.05) is 7.05 Å². The van der Waals surface area contributed by atoms with Crippen molar-refractivity contribution < 1.29 is 18.7 Å². The molecule has 1 heterocycles. The number of nitrogens with one attached hydrogen (secondary N) is 1. The Morgan fingerprint density at radius 2 is 2.04 bits per heavy atom. The van der Waals surface area contributed by atoms with Crippen LogP contribution in [0.3, 0.4) is 0 Å². The Hall–Kier alpha value is -2.87. The predicted molar refractivity (Wildman–Crippen MR) is 104 cm³/mol. The summed E-state index contributed by atoms with van der Waals surface area (Å²) >= 11 is 1.50. The standard InChI is InChI=1S/C19H20FN3O3S/c1-23(19-22-18-15(25-2)4-3-5-16(18)27-19)12-17(24)21-10-11-26-14-8-6-13(20)7-9-14/h3-9H,10-12H2,1-2H3,(H,21,24). The molecule has 0 spiro atoms. The van der Waals surface area contributed by atoms with Crippen LogP contribution in [0, 0.1) is 5.82 Å². The highest BCUT2D eigenvalue weighted by Crippen LogP contribution is 2.33. The number of halogens is 1. The fourth-order valence-electron chi connectivity index (χ4n) is 2.47. The lowest BCUT2D eigenvalue weighted by molar-refractivity contribution is -0.119. The van der Waals surface area contributed by atoms with Crippen molar-refractivity contribution in [1.29, 1.82) is 0 Å². The fourth-order valence-corrected chi connectivity index (χ4v) is 3.41. The van der Waals surface area contributed by atoms with Crippen LogP contribution in [0.4, 0.5) is 9.52 Å². The molecular formula is C19H20FN3O3S. The number of ether oxygens (including phenoxy) is 2. The maximum absolute atomic E-state index is 12.8. The average Bonchev–Trinajstić information content (AvgIpc) is 3.11. The molecule has 1 amide bonds. The number of hydrogen-bond acceptors (Lipinski definition) is 6. The molecular weight excluding hydrogens is 369 g/mol. The zero-order valence-corrected chi connectivity index (χ0v) is 15.9. The van der Waals surface area contributed by atoms with Crippen molar-refractivity contribution in [2.24, 2.45) is 0 Å². The summed E-state index contributed by atoms with van der Waals surface area (Å²) in [6.07, 6.45) is 0. The van der Waals surface area contributed by atoms with Crippen LogP contribution in [0.1, 0.15) is 0 Å². The van der Waals surface area contributed by atoms with Crippen LogP contribution < -0.4 is 19.7 Å². The summed E-state index contributed by atoms with van der Waals surface area (Å²) in [5, 5.41) is 3.54.